The molecule has 0 aliphatic rings. The average molecular weight is 207 g/mol. The minimum Gasteiger partial charge on any atom is -0.277 e. The lowest BCUT2D eigenvalue weighted by molar-refractivity contribution is 1.12. The monoisotopic (exact) mass is 207 g/mol. The highest BCUT2D eigenvalue weighted by Crippen LogP contribution is 2.27. The van der Waals surface area contributed by atoms with Crippen LogP contribution in [0.3, 0.4) is 0 Å². The van der Waals surface area contributed by atoms with Crippen LogP contribution in [0.25, 0.3) is 22.2 Å². The van der Waals surface area contributed by atoms with E-state index in [1.54, 1.807) is 0 Å². The molecule has 0 saturated carbocycles. The largest absolute Gasteiger partial charge is 0.277 e. The second-order valence-corrected chi connectivity index (χ2v) is 3.83. The van der Waals surface area contributed by atoms with Gasteiger partial charge in [0.05, 0.1) is 5.52 Å². The lowest BCUT2D eigenvalue weighted by Crippen LogP contribution is -1.80. The average Bonchev–Trinajstić information content (AvgIpc) is 2.75. The second-order valence-electron chi connectivity index (χ2n) is 3.83. The fraction of sp³-hybridized carbons (Fsp3) is 0.0714. The van der Waals surface area contributed by atoms with Crippen molar-refractivity contribution in [2.24, 2.45) is 0 Å². The van der Waals surface area contributed by atoms with Crippen LogP contribution >= 0.6 is 0 Å². The van der Waals surface area contributed by atoms with Crippen molar-refractivity contribution >= 4 is 10.9 Å². The van der Waals surface area contributed by atoms with Crippen LogP contribution < -0.4 is 0 Å². The Balaban J connectivity index is 2.33. The third-order valence-corrected chi connectivity index (χ3v) is 2.77. The van der Waals surface area contributed by atoms with Crippen molar-refractivity contribution in [3.8, 4) is 11.3 Å². The first-order chi connectivity index (χ1) is 7.86. The van der Waals surface area contributed by atoms with Crippen LogP contribution in [0.2, 0.25) is 0 Å². The quantitative estimate of drug-likeness (QED) is 0.651. The third kappa shape index (κ3) is 1.31. The molecule has 0 atom stereocenters. The summed E-state index contributed by atoms with van der Waals surface area (Å²) in [6.45, 7) is 2.06. The molecule has 0 aliphatic carbocycles. The highest BCUT2D eigenvalue weighted by molar-refractivity contribution is 5.95. The Hall–Kier alpha value is -2.09. The molecule has 2 heteroatoms. The van der Waals surface area contributed by atoms with Crippen molar-refractivity contribution in [1.82, 2.24) is 10.2 Å². The van der Waals surface area contributed by atoms with Crippen LogP contribution in [0.15, 0.2) is 42.5 Å². The van der Waals surface area contributed by atoms with E-state index in [0.717, 1.165) is 27.7 Å². The smallest absolute Gasteiger partial charge is 0.100 e. The Morgan fingerprint density at radius 1 is 1.12 bits per heavy atom. The molecule has 1 heterocycles. The molecule has 0 bridgehead atoms. The maximum absolute atomic E-state index is 4.38. The summed E-state index contributed by atoms with van der Waals surface area (Å²) in [5.74, 6) is 0. The molecule has 0 saturated heterocycles. The number of hydrogen-bond donors (Lipinski definition) is 1. The predicted molar refractivity (Wildman–Crippen MR) is 65.1 cm³/mol. The molecule has 77 valence electrons. The molecule has 3 aromatic rings. The Kier molecular flexibility index (Phi) is 2.00. The molecule has 0 aliphatic heterocycles. The van der Waals surface area contributed by atoms with Gasteiger partial charge in [-0.15, -0.1) is 0 Å². The van der Waals surface area contributed by atoms with E-state index in [9.17, 15) is 0 Å². The van der Waals surface area contributed by atoms with Crippen LogP contribution in [0, 0.1) is 13.0 Å². The summed E-state index contributed by atoms with van der Waals surface area (Å²) < 4.78 is 0. The highest BCUT2D eigenvalue weighted by Gasteiger charge is 2.09. The van der Waals surface area contributed by atoms with Gasteiger partial charge in [0.15, 0.2) is 0 Å². The maximum atomic E-state index is 4.38. The Morgan fingerprint density at radius 3 is 2.75 bits per heavy atom. The molecular formula is C14H11N2. The first-order valence-electron chi connectivity index (χ1n) is 5.27. The van der Waals surface area contributed by atoms with Gasteiger partial charge in [-0.2, -0.15) is 5.10 Å². The number of nitrogens with one attached hydrogen (secondary N) is 1. The number of aromatic amines is 1. The molecule has 0 amide bonds. The molecule has 0 spiro atoms. The molecule has 2 nitrogen and oxygen atoms in total. The molecule has 1 N–H and O–H groups in total. The van der Waals surface area contributed by atoms with Gasteiger partial charge in [0.2, 0.25) is 0 Å². The number of aryl methyl sites for hydroxylation is 1. The number of H-pyrrole nitrogens is 1. The van der Waals surface area contributed by atoms with Crippen molar-refractivity contribution in [3.63, 3.8) is 0 Å². The van der Waals surface area contributed by atoms with Crippen molar-refractivity contribution < 1.29 is 0 Å². The summed E-state index contributed by atoms with van der Waals surface area (Å²) >= 11 is 0. The second kappa shape index (κ2) is 3.49. The number of aromatic nitrogens is 2. The van der Waals surface area contributed by atoms with Crippen LogP contribution in [0.4, 0.5) is 0 Å². The number of rotatable bonds is 1. The molecule has 16 heavy (non-hydrogen) atoms. The molecule has 1 aromatic heterocycles. The van der Waals surface area contributed by atoms with Crippen LogP contribution in [-0.2, 0) is 0 Å². The first-order valence-corrected chi connectivity index (χ1v) is 5.27. The van der Waals surface area contributed by atoms with E-state index in [4.69, 9.17) is 0 Å². The third-order valence-electron chi connectivity index (χ3n) is 2.77. The van der Waals surface area contributed by atoms with E-state index in [-0.39, 0.29) is 0 Å². The molecule has 1 radical (unpaired) electrons. The fourth-order valence-corrected chi connectivity index (χ4v) is 1.98. The van der Waals surface area contributed by atoms with Crippen molar-refractivity contribution in [3.05, 3.63) is 54.1 Å². The van der Waals surface area contributed by atoms with Crippen LogP contribution in [0.1, 0.15) is 5.56 Å². The zero-order valence-corrected chi connectivity index (χ0v) is 8.99. The lowest BCUT2D eigenvalue weighted by Gasteiger charge is -1.99. The molecule has 3 rings (SSSR count). The van der Waals surface area contributed by atoms with Crippen molar-refractivity contribution in [2.75, 3.05) is 0 Å². The molecule has 0 unspecified atom stereocenters. The summed E-state index contributed by atoms with van der Waals surface area (Å²) in [4.78, 5) is 0. The van der Waals surface area contributed by atoms with E-state index in [1.165, 1.54) is 0 Å². The summed E-state index contributed by atoms with van der Waals surface area (Å²) in [5.41, 5.74) is 4.33. The van der Waals surface area contributed by atoms with E-state index in [2.05, 4.69) is 35.3 Å². The van der Waals surface area contributed by atoms with Crippen molar-refractivity contribution in [1.29, 1.82) is 0 Å². The minimum absolute atomic E-state index is 1.00. The SMILES string of the molecule is Cc1[c]ccc2[nH]nc(-c3ccccc3)c12. The topological polar surface area (TPSA) is 28.7 Å². The molecule has 0 fully saturated rings. The van der Waals surface area contributed by atoms with E-state index < -0.39 is 0 Å². The normalized spacial score (nSPS) is 10.8. The van der Waals surface area contributed by atoms with Gasteiger partial charge in [-0.25, -0.2) is 0 Å². The standard InChI is InChI=1S/C14H11N2/c1-10-6-5-9-12-13(10)14(16-15-12)11-7-3-2-4-8-11/h2-5,7-9H,1H3,(H,15,16). The van der Waals surface area contributed by atoms with E-state index >= 15 is 0 Å². The number of fused-ring (bicyclic) bond motifs is 1. The van der Waals surface area contributed by atoms with Gasteiger partial charge in [0, 0.05) is 10.9 Å². The summed E-state index contributed by atoms with van der Waals surface area (Å²) in [7, 11) is 0. The zero-order valence-electron chi connectivity index (χ0n) is 8.99. The Bertz CT molecular complexity index is 624. The molecular weight excluding hydrogens is 196 g/mol. The van der Waals surface area contributed by atoms with Crippen LogP contribution in [0.5, 0.6) is 0 Å². The van der Waals surface area contributed by atoms with Gasteiger partial charge in [0.25, 0.3) is 0 Å². The zero-order chi connectivity index (χ0) is 11.0. The maximum Gasteiger partial charge on any atom is 0.100 e. The summed E-state index contributed by atoms with van der Waals surface area (Å²) in [6, 6.07) is 17.3. The molecule has 2 aromatic carbocycles. The Morgan fingerprint density at radius 2 is 1.94 bits per heavy atom. The lowest BCUT2D eigenvalue weighted by atomic mass is 10.0. The van der Waals surface area contributed by atoms with Gasteiger partial charge < -0.3 is 0 Å². The predicted octanol–water partition coefficient (Wildman–Crippen LogP) is 3.34. The first kappa shape index (κ1) is 9.16. The van der Waals surface area contributed by atoms with Gasteiger partial charge >= 0.3 is 0 Å². The van der Waals surface area contributed by atoms with Gasteiger partial charge in [-0.1, -0.05) is 36.4 Å². The Labute approximate surface area is 93.9 Å². The number of benzene rings is 2. The highest BCUT2D eigenvalue weighted by atomic mass is 15.1. The summed E-state index contributed by atoms with van der Waals surface area (Å²) in [5, 5.41) is 8.60. The summed E-state index contributed by atoms with van der Waals surface area (Å²) in [6.07, 6.45) is 0. The van der Waals surface area contributed by atoms with E-state index in [1.807, 2.05) is 30.3 Å². The minimum atomic E-state index is 1.00. The van der Waals surface area contributed by atoms with Crippen LogP contribution in [-0.4, -0.2) is 10.2 Å². The van der Waals surface area contributed by atoms with Gasteiger partial charge in [-0.05, 0) is 24.6 Å². The number of hydrogen-bond acceptors (Lipinski definition) is 1. The van der Waals surface area contributed by atoms with E-state index in [0.29, 0.717) is 0 Å². The van der Waals surface area contributed by atoms with Gasteiger partial charge in [-0.3, -0.25) is 5.10 Å². The number of nitrogens with zero attached hydrogens (tertiary/aromatic N) is 1. The van der Waals surface area contributed by atoms with Crippen molar-refractivity contribution in [2.45, 2.75) is 6.92 Å². The van der Waals surface area contributed by atoms with Gasteiger partial charge in [0.1, 0.15) is 5.69 Å². The fourth-order valence-electron chi connectivity index (χ4n) is 1.98.